The Balaban J connectivity index is 1.77. The van der Waals surface area contributed by atoms with Crippen LogP contribution >= 0.6 is 15.9 Å². The number of hydrogen-bond acceptors (Lipinski definition) is 2. The fourth-order valence-electron chi connectivity index (χ4n) is 2.22. The highest BCUT2D eigenvalue weighted by Crippen LogP contribution is 2.37. The zero-order chi connectivity index (χ0) is 14.0. The van der Waals surface area contributed by atoms with E-state index in [-0.39, 0.29) is 12.1 Å². The molecular formula is C15H20BrNO2. The van der Waals surface area contributed by atoms with Gasteiger partial charge in [0.2, 0.25) is 0 Å². The van der Waals surface area contributed by atoms with E-state index in [9.17, 15) is 4.79 Å². The normalized spacial score (nSPS) is 22.5. The molecule has 4 heteroatoms. The van der Waals surface area contributed by atoms with Gasteiger partial charge in [-0.1, -0.05) is 28.1 Å². The number of alkyl carbamates (subject to hydrolysis) is 1. The van der Waals surface area contributed by atoms with Crippen LogP contribution in [0.4, 0.5) is 4.79 Å². The second-order valence-corrected chi connectivity index (χ2v) is 6.98. The molecule has 0 radical (unpaired) electrons. The van der Waals surface area contributed by atoms with Crippen LogP contribution in [-0.2, 0) is 4.74 Å². The van der Waals surface area contributed by atoms with E-state index in [0.29, 0.717) is 5.92 Å². The van der Waals surface area contributed by atoms with E-state index in [2.05, 4.69) is 45.5 Å². The van der Waals surface area contributed by atoms with Crippen LogP contribution in [0.5, 0.6) is 0 Å². The summed E-state index contributed by atoms with van der Waals surface area (Å²) in [7, 11) is 0. The molecule has 0 unspecified atom stereocenters. The van der Waals surface area contributed by atoms with E-state index >= 15 is 0 Å². The molecule has 0 bridgehead atoms. The van der Waals surface area contributed by atoms with Crippen LogP contribution in [0.1, 0.15) is 45.1 Å². The maximum absolute atomic E-state index is 11.6. The molecule has 1 aromatic rings. The third-order valence-corrected chi connectivity index (χ3v) is 3.73. The van der Waals surface area contributed by atoms with Crippen LogP contribution in [0.15, 0.2) is 28.7 Å². The van der Waals surface area contributed by atoms with Crippen molar-refractivity contribution >= 4 is 22.0 Å². The topological polar surface area (TPSA) is 38.3 Å². The molecule has 3 nitrogen and oxygen atoms in total. The van der Waals surface area contributed by atoms with Crippen LogP contribution in [0.2, 0.25) is 0 Å². The van der Waals surface area contributed by atoms with E-state index in [0.717, 1.165) is 17.3 Å². The van der Waals surface area contributed by atoms with Crippen LogP contribution in [0, 0.1) is 0 Å². The molecule has 0 saturated heterocycles. The summed E-state index contributed by atoms with van der Waals surface area (Å²) in [5, 5.41) is 2.91. The summed E-state index contributed by atoms with van der Waals surface area (Å²) < 4.78 is 6.34. The maximum atomic E-state index is 11.6. The van der Waals surface area contributed by atoms with Gasteiger partial charge in [-0.2, -0.15) is 0 Å². The number of ether oxygens (including phenoxy) is 1. The van der Waals surface area contributed by atoms with Gasteiger partial charge < -0.3 is 10.1 Å². The Morgan fingerprint density at radius 2 is 1.84 bits per heavy atom. The zero-order valence-corrected chi connectivity index (χ0v) is 13.2. The molecular weight excluding hydrogens is 306 g/mol. The molecule has 1 saturated carbocycles. The third kappa shape index (κ3) is 4.23. The Hall–Kier alpha value is -1.03. The fraction of sp³-hybridized carbons (Fsp3) is 0.533. The first-order valence-electron chi connectivity index (χ1n) is 6.58. The number of carbonyl (C=O) groups excluding carboxylic acids is 1. The van der Waals surface area contributed by atoms with Crippen molar-refractivity contribution in [1.29, 1.82) is 0 Å². The summed E-state index contributed by atoms with van der Waals surface area (Å²) in [6.07, 6.45) is 1.66. The van der Waals surface area contributed by atoms with Crippen LogP contribution in [0.25, 0.3) is 0 Å². The molecule has 0 atom stereocenters. The molecule has 0 heterocycles. The van der Waals surface area contributed by atoms with Crippen LogP contribution < -0.4 is 5.32 Å². The quantitative estimate of drug-likeness (QED) is 0.884. The minimum Gasteiger partial charge on any atom is -0.444 e. The van der Waals surface area contributed by atoms with Gasteiger partial charge in [-0.15, -0.1) is 0 Å². The average Bonchev–Trinajstić information content (AvgIpc) is 2.22. The number of hydrogen-bond donors (Lipinski definition) is 1. The lowest BCUT2D eigenvalue weighted by Gasteiger charge is -2.36. The average molecular weight is 326 g/mol. The van der Waals surface area contributed by atoms with Crippen molar-refractivity contribution in [2.75, 3.05) is 0 Å². The van der Waals surface area contributed by atoms with Crippen molar-refractivity contribution in [3.63, 3.8) is 0 Å². The van der Waals surface area contributed by atoms with Crippen molar-refractivity contribution < 1.29 is 9.53 Å². The minimum atomic E-state index is -0.432. The minimum absolute atomic E-state index is 0.239. The van der Waals surface area contributed by atoms with Gasteiger partial charge in [0.1, 0.15) is 5.60 Å². The lowest BCUT2D eigenvalue weighted by atomic mass is 9.76. The van der Waals surface area contributed by atoms with E-state index < -0.39 is 5.60 Å². The van der Waals surface area contributed by atoms with E-state index in [1.54, 1.807) is 0 Å². The number of nitrogens with one attached hydrogen (secondary N) is 1. The zero-order valence-electron chi connectivity index (χ0n) is 11.6. The molecule has 1 N–H and O–H groups in total. The van der Waals surface area contributed by atoms with Crippen LogP contribution in [0.3, 0.4) is 0 Å². The van der Waals surface area contributed by atoms with E-state index in [1.165, 1.54) is 5.56 Å². The highest BCUT2D eigenvalue weighted by atomic mass is 79.9. The summed E-state index contributed by atoms with van der Waals surface area (Å²) >= 11 is 3.43. The van der Waals surface area contributed by atoms with Crippen molar-refractivity contribution in [2.24, 2.45) is 0 Å². The first-order chi connectivity index (χ1) is 8.83. The Labute approximate surface area is 122 Å². The van der Waals surface area contributed by atoms with Gasteiger partial charge in [-0.3, -0.25) is 0 Å². The molecule has 2 rings (SSSR count). The lowest BCUT2D eigenvalue weighted by molar-refractivity contribution is 0.0471. The predicted octanol–water partition coefficient (Wildman–Crippen LogP) is 4.22. The summed E-state index contributed by atoms with van der Waals surface area (Å²) in [5.41, 5.74) is 0.907. The SMILES string of the molecule is CC(C)(C)OC(=O)NC1CC(c2ccc(Br)cc2)C1. The smallest absolute Gasteiger partial charge is 0.407 e. The van der Waals surface area contributed by atoms with Gasteiger partial charge in [0, 0.05) is 10.5 Å². The maximum Gasteiger partial charge on any atom is 0.407 e. The Bertz CT molecular complexity index is 444. The summed E-state index contributed by atoms with van der Waals surface area (Å²) in [6.45, 7) is 5.62. The molecule has 104 valence electrons. The summed E-state index contributed by atoms with van der Waals surface area (Å²) in [6, 6.07) is 8.63. The second-order valence-electron chi connectivity index (χ2n) is 6.06. The van der Waals surface area contributed by atoms with Gasteiger partial charge >= 0.3 is 6.09 Å². The van der Waals surface area contributed by atoms with Crippen LogP contribution in [-0.4, -0.2) is 17.7 Å². The van der Waals surface area contributed by atoms with Gasteiger partial charge in [-0.25, -0.2) is 4.79 Å². The molecule has 0 aliphatic heterocycles. The molecule has 1 aliphatic carbocycles. The fourth-order valence-corrected chi connectivity index (χ4v) is 2.48. The lowest BCUT2D eigenvalue weighted by Crippen LogP contribution is -2.45. The number of halogens is 1. The molecule has 19 heavy (non-hydrogen) atoms. The van der Waals surface area contributed by atoms with Gasteiger partial charge in [0.25, 0.3) is 0 Å². The van der Waals surface area contributed by atoms with Crippen molar-refractivity contribution in [3.8, 4) is 0 Å². The van der Waals surface area contributed by atoms with Gasteiger partial charge in [-0.05, 0) is 57.2 Å². The first kappa shape index (κ1) is 14.4. The highest BCUT2D eigenvalue weighted by molar-refractivity contribution is 9.10. The monoisotopic (exact) mass is 325 g/mol. The first-order valence-corrected chi connectivity index (χ1v) is 7.38. The predicted molar refractivity (Wildman–Crippen MR) is 79.3 cm³/mol. The number of benzene rings is 1. The van der Waals surface area contributed by atoms with Gasteiger partial charge in [0.05, 0.1) is 0 Å². The van der Waals surface area contributed by atoms with Gasteiger partial charge in [0.15, 0.2) is 0 Å². The Kier molecular flexibility index (Phi) is 4.19. The standard InChI is InChI=1S/C15H20BrNO2/c1-15(2,3)19-14(18)17-13-8-11(9-13)10-4-6-12(16)7-5-10/h4-7,11,13H,8-9H2,1-3H3,(H,17,18). The van der Waals surface area contributed by atoms with Crippen molar-refractivity contribution in [1.82, 2.24) is 5.32 Å². The second kappa shape index (κ2) is 5.53. The van der Waals surface area contributed by atoms with Crippen molar-refractivity contribution in [2.45, 2.75) is 51.2 Å². The molecule has 0 spiro atoms. The molecule has 0 aromatic heterocycles. The summed E-state index contributed by atoms with van der Waals surface area (Å²) in [4.78, 5) is 11.6. The Morgan fingerprint density at radius 1 is 1.26 bits per heavy atom. The molecule has 1 aliphatic rings. The Morgan fingerprint density at radius 3 is 2.37 bits per heavy atom. The number of rotatable bonds is 2. The highest BCUT2D eigenvalue weighted by Gasteiger charge is 2.32. The molecule has 1 fully saturated rings. The van der Waals surface area contributed by atoms with E-state index in [4.69, 9.17) is 4.74 Å². The third-order valence-electron chi connectivity index (χ3n) is 3.20. The number of carbonyl (C=O) groups is 1. The largest absolute Gasteiger partial charge is 0.444 e. The van der Waals surface area contributed by atoms with E-state index in [1.807, 2.05) is 20.8 Å². The molecule has 1 aromatic carbocycles. The number of amides is 1. The van der Waals surface area contributed by atoms with Crippen molar-refractivity contribution in [3.05, 3.63) is 34.3 Å². The summed E-state index contributed by atoms with van der Waals surface area (Å²) in [5.74, 6) is 0.549. The molecule has 1 amide bonds.